The fourth-order valence-electron chi connectivity index (χ4n) is 1.17. The highest BCUT2D eigenvalue weighted by Crippen LogP contribution is 2.22. The number of methoxy groups -OCH3 is 1. The summed E-state index contributed by atoms with van der Waals surface area (Å²) in [7, 11) is 1.47. The number of para-hydroxylation sites is 1. The van der Waals surface area contributed by atoms with Gasteiger partial charge in [-0.25, -0.2) is 0 Å². The molecule has 14 heavy (non-hydrogen) atoms. The van der Waals surface area contributed by atoms with Crippen LogP contribution in [-0.2, 0) is 9.53 Å². The quantitative estimate of drug-likeness (QED) is 0.710. The Bertz CT molecular complexity index is 317. The van der Waals surface area contributed by atoms with Crippen LogP contribution in [0.5, 0.6) is 0 Å². The summed E-state index contributed by atoms with van der Waals surface area (Å²) in [5, 5.41) is 2.69. The highest BCUT2D eigenvalue weighted by molar-refractivity contribution is 5.95. The molecule has 0 unspecified atom stereocenters. The normalized spacial score (nSPS) is 9.86. The molecule has 4 heteroatoms. The number of carbonyl (C=O) groups is 1. The lowest BCUT2D eigenvalue weighted by Gasteiger charge is -2.10. The van der Waals surface area contributed by atoms with E-state index in [-0.39, 0.29) is 12.5 Å². The minimum absolute atomic E-state index is 0.0355. The molecule has 4 nitrogen and oxygen atoms in total. The van der Waals surface area contributed by atoms with Gasteiger partial charge in [0.15, 0.2) is 0 Å². The number of nitrogens with two attached hydrogens (primary N) is 1. The molecule has 0 spiro atoms. The monoisotopic (exact) mass is 194 g/mol. The zero-order chi connectivity index (χ0) is 10.6. The number of anilines is 2. The molecule has 1 aromatic rings. The summed E-state index contributed by atoms with van der Waals surface area (Å²) in [6.07, 6.45) is 0. The Balaban J connectivity index is 2.80. The van der Waals surface area contributed by atoms with E-state index in [1.165, 1.54) is 7.11 Å². The third-order valence-corrected chi connectivity index (χ3v) is 1.84. The van der Waals surface area contributed by atoms with E-state index in [0.29, 0.717) is 11.4 Å². The largest absolute Gasteiger partial charge is 0.397 e. The van der Waals surface area contributed by atoms with Crippen molar-refractivity contribution in [1.82, 2.24) is 0 Å². The van der Waals surface area contributed by atoms with Crippen molar-refractivity contribution in [3.05, 3.63) is 23.8 Å². The second kappa shape index (κ2) is 4.62. The number of aryl methyl sites for hydroxylation is 1. The molecule has 76 valence electrons. The first-order chi connectivity index (χ1) is 6.65. The van der Waals surface area contributed by atoms with Crippen LogP contribution in [0.2, 0.25) is 0 Å². The number of carbonyl (C=O) groups excluding carboxylic acids is 1. The van der Waals surface area contributed by atoms with Crippen LogP contribution in [0.3, 0.4) is 0 Å². The van der Waals surface area contributed by atoms with E-state index in [1.54, 1.807) is 6.07 Å². The van der Waals surface area contributed by atoms with Gasteiger partial charge in [-0.2, -0.15) is 0 Å². The number of rotatable bonds is 3. The van der Waals surface area contributed by atoms with Gasteiger partial charge in [-0.15, -0.1) is 0 Å². The third-order valence-electron chi connectivity index (χ3n) is 1.84. The predicted octanol–water partition coefficient (Wildman–Crippen LogP) is 1.16. The molecule has 0 aliphatic heterocycles. The molecule has 0 heterocycles. The average Bonchev–Trinajstić information content (AvgIpc) is 2.12. The van der Waals surface area contributed by atoms with Crippen molar-refractivity contribution in [2.45, 2.75) is 6.92 Å². The average molecular weight is 194 g/mol. The fourth-order valence-corrected chi connectivity index (χ4v) is 1.17. The molecular formula is C10H14N2O2. The first-order valence-electron chi connectivity index (χ1n) is 4.29. The molecule has 1 aromatic carbocycles. The molecular weight excluding hydrogens is 180 g/mol. The molecule has 0 aromatic heterocycles. The third kappa shape index (κ3) is 2.47. The van der Waals surface area contributed by atoms with Gasteiger partial charge in [-0.3, -0.25) is 4.79 Å². The maximum atomic E-state index is 11.2. The maximum absolute atomic E-state index is 11.2. The molecule has 0 aliphatic carbocycles. The molecule has 3 N–H and O–H groups in total. The SMILES string of the molecule is COCC(=O)Nc1c(C)cccc1N. The summed E-state index contributed by atoms with van der Waals surface area (Å²) < 4.78 is 4.70. The van der Waals surface area contributed by atoms with E-state index >= 15 is 0 Å². The van der Waals surface area contributed by atoms with E-state index in [9.17, 15) is 4.79 Å². The maximum Gasteiger partial charge on any atom is 0.250 e. The lowest BCUT2D eigenvalue weighted by atomic mass is 10.1. The molecule has 0 bridgehead atoms. The number of benzene rings is 1. The summed E-state index contributed by atoms with van der Waals surface area (Å²) in [4.78, 5) is 11.2. The first kappa shape index (κ1) is 10.5. The Morgan fingerprint density at radius 2 is 2.29 bits per heavy atom. The standard InChI is InChI=1S/C10H14N2O2/c1-7-4-3-5-8(11)10(7)12-9(13)6-14-2/h3-5H,6,11H2,1-2H3,(H,12,13). The predicted molar refractivity (Wildman–Crippen MR) is 56.1 cm³/mol. The molecule has 0 aliphatic rings. The van der Waals surface area contributed by atoms with Crippen LogP contribution in [0, 0.1) is 6.92 Å². The van der Waals surface area contributed by atoms with Crippen molar-refractivity contribution >= 4 is 17.3 Å². The van der Waals surface area contributed by atoms with E-state index in [1.807, 2.05) is 19.1 Å². The number of hydrogen-bond acceptors (Lipinski definition) is 3. The summed E-state index contributed by atoms with van der Waals surface area (Å²) >= 11 is 0. The lowest BCUT2D eigenvalue weighted by molar-refractivity contribution is -0.119. The number of nitrogens with one attached hydrogen (secondary N) is 1. The van der Waals surface area contributed by atoms with Crippen molar-refractivity contribution in [2.24, 2.45) is 0 Å². The number of ether oxygens (including phenoxy) is 1. The van der Waals surface area contributed by atoms with Crippen LogP contribution in [0.1, 0.15) is 5.56 Å². The van der Waals surface area contributed by atoms with Gasteiger partial charge in [0.05, 0.1) is 11.4 Å². The summed E-state index contributed by atoms with van der Waals surface area (Å²) in [6.45, 7) is 1.92. The lowest BCUT2D eigenvalue weighted by Crippen LogP contribution is -2.18. The van der Waals surface area contributed by atoms with Gasteiger partial charge >= 0.3 is 0 Å². The zero-order valence-electron chi connectivity index (χ0n) is 8.33. The van der Waals surface area contributed by atoms with Crippen molar-refractivity contribution < 1.29 is 9.53 Å². The van der Waals surface area contributed by atoms with E-state index < -0.39 is 0 Å². The minimum Gasteiger partial charge on any atom is -0.397 e. The summed E-state index contributed by atoms with van der Waals surface area (Å²) in [5.74, 6) is -0.200. The number of amides is 1. The van der Waals surface area contributed by atoms with E-state index in [4.69, 9.17) is 10.5 Å². The zero-order valence-corrected chi connectivity index (χ0v) is 8.33. The highest BCUT2D eigenvalue weighted by atomic mass is 16.5. The Labute approximate surface area is 83.1 Å². The van der Waals surface area contributed by atoms with Gasteiger partial charge < -0.3 is 15.8 Å². The molecule has 0 radical (unpaired) electrons. The van der Waals surface area contributed by atoms with Crippen LogP contribution in [0.15, 0.2) is 18.2 Å². The van der Waals surface area contributed by atoms with Crippen LogP contribution in [-0.4, -0.2) is 19.6 Å². The molecule has 0 saturated carbocycles. The summed E-state index contributed by atoms with van der Waals surface area (Å²) in [6, 6.07) is 5.48. The van der Waals surface area contributed by atoms with Crippen LogP contribution >= 0.6 is 0 Å². The van der Waals surface area contributed by atoms with Crippen molar-refractivity contribution in [3.8, 4) is 0 Å². The van der Waals surface area contributed by atoms with Crippen LogP contribution in [0.4, 0.5) is 11.4 Å². The van der Waals surface area contributed by atoms with Gasteiger partial charge in [0.2, 0.25) is 5.91 Å². The van der Waals surface area contributed by atoms with Gasteiger partial charge in [0, 0.05) is 7.11 Å². The van der Waals surface area contributed by atoms with Gasteiger partial charge in [0.1, 0.15) is 6.61 Å². The van der Waals surface area contributed by atoms with Gasteiger partial charge in [-0.1, -0.05) is 12.1 Å². The van der Waals surface area contributed by atoms with Crippen LogP contribution in [0.25, 0.3) is 0 Å². The first-order valence-corrected chi connectivity index (χ1v) is 4.29. The van der Waals surface area contributed by atoms with Crippen molar-refractivity contribution in [1.29, 1.82) is 0 Å². The second-order valence-electron chi connectivity index (χ2n) is 3.02. The fraction of sp³-hybridized carbons (Fsp3) is 0.300. The summed E-state index contributed by atoms with van der Waals surface area (Å²) in [5.41, 5.74) is 7.88. The Kier molecular flexibility index (Phi) is 3.48. The number of hydrogen-bond donors (Lipinski definition) is 2. The topological polar surface area (TPSA) is 64.3 Å². The van der Waals surface area contributed by atoms with E-state index in [0.717, 1.165) is 5.56 Å². The van der Waals surface area contributed by atoms with Crippen LogP contribution < -0.4 is 11.1 Å². The Morgan fingerprint density at radius 1 is 1.57 bits per heavy atom. The molecule has 0 atom stereocenters. The molecule has 1 rings (SSSR count). The highest BCUT2D eigenvalue weighted by Gasteiger charge is 2.06. The Morgan fingerprint density at radius 3 is 2.86 bits per heavy atom. The van der Waals surface area contributed by atoms with Crippen molar-refractivity contribution in [2.75, 3.05) is 24.8 Å². The molecule has 0 saturated heterocycles. The Hall–Kier alpha value is -1.55. The molecule has 1 amide bonds. The smallest absolute Gasteiger partial charge is 0.250 e. The van der Waals surface area contributed by atoms with Crippen molar-refractivity contribution in [3.63, 3.8) is 0 Å². The number of nitrogen functional groups attached to an aromatic ring is 1. The molecule has 0 fully saturated rings. The van der Waals surface area contributed by atoms with E-state index in [2.05, 4.69) is 5.32 Å². The van der Waals surface area contributed by atoms with Gasteiger partial charge in [0.25, 0.3) is 0 Å². The second-order valence-corrected chi connectivity index (χ2v) is 3.02. The van der Waals surface area contributed by atoms with Gasteiger partial charge in [-0.05, 0) is 18.6 Å². The minimum atomic E-state index is -0.200.